The van der Waals surface area contributed by atoms with Crippen molar-refractivity contribution < 1.29 is 13.3 Å². The number of hydrogen-bond acceptors (Lipinski definition) is 4. The summed E-state index contributed by atoms with van der Waals surface area (Å²) in [6.07, 6.45) is 0.535. The number of thiol groups is 1. The number of nitrogens with zero attached hydrogens (tertiary/aromatic N) is 1. The average molecular weight is 332 g/mol. The van der Waals surface area contributed by atoms with Gasteiger partial charge in [0.1, 0.15) is 10.7 Å². The van der Waals surface area contributed by atoms with Crippen molar-refractivity contribution in [2.75, 3.05) is 0 Å². The molecule has 0 N–H and O–H groups in total. The van der Waals surface area contributed by atoms with E-state index in [0.717, 1.165) is 26.9 Å². The highest BCUT2D eigenvalue weighted by atomic mass is 79.9. The summed E-state index contributed by atoms with van der Waals surface area (Å²) in [5.41, 5.74) is 3.67. The summed E-state index contributed by atoms with van der Waals surface area (Å²) < 4.78 is 22.9. The van der Waals surface area contributed by atoms with Gasteiger partial charge in [-0.2, -0.15) is 0 Å². The fraction of sp³-hybridized carbons (Fsp3) is 0.417. The Balaban J connectivity index is 2.45. The van der Waals surface area contributed by atoms with E-state index in [1.54, 1.807) is 0 Å². The Morgan fingerprint density at radius 1 is 1.44 bits per heavy atom. The minimum absolute atomic E-state index is 0.0394. The third-order valence-corrected chi connectivity index (χ3v) is 4.44. The van der Waals surface area contributed by atoms with Crippen LogP contribution in [0.2, 0.25) is 0 Å². The highest BCUT2D eigenvalue weighted by Gasteiger charge is 2.25. The van der Waals surface area contributed by atoms with Gasteiger partial charge < -0.3 is 4.84 Å². The van der Waals surface area contributed by atoms with Crippen molar-refractivity contribution in [1.82, 2.24) is 0 Å². The van der Waals surface area contributed by atoms with Crippen LogP contribution in [0.5, 0.6) is 0 Å². The van der Waals surface area contributed by atoms with E-state index in [4.69, 9.17) is 4.84 Å². The molecule has 1 unspecified atom stereocenters. The topological polar surface area (TPSA) is 55.7 Å². The molecule has 18 heavy (non-hydrogen) atoms. The molecule has 1 heterocycles. The highest BCUT2D eigenvalue weighted by molar-refractivity contribution is 9.10. The number of rotatable bonds is 3. The second-order valence-corrected chi connectivity index (χ2v) is 6.20. The van der Waals surface area contributed by atoms with Crippen molar-refractivity contribution in [3.05, 3.63) is 33.3 Å². The molecule has 4 nitrogen and oxygen atoms in total. The molecule has 1 aromatic rings. The lowest BCUT2D eigenvalue weighted by molar-refractivity contribution is 0.0847. The van der Waals surface area contributed by atoms with Crippen molar-refractivity contribution >= 4 is 32.3 Å². The summed E-state index contributed by atoms with van der Waals surface area (Å²) >= 11 is 3.46. The molecule has 0 aliphatic carbocycles. The lowest BCUT2D eigenvalue weighted by Crippen LogP contribution is -2.06. The molecule has 1 aliphatic heterocycles. The van der Waals surface area contributed by atoms with Gasteiger partial charge >= 0.3 is 0 Å². The van der Waals surface area contributed by atoms with Crippen LogP contribution in [0.25, 0.3) is 0 Å². The summed E-state index contributed by atoms with van der Waals surface area (Å²) in [7, 11) is -2.45. The summed E-state index contributed by atoms with van der Waals surface area (Å²) in [5, 5.41) is 3.94. The molecular weight excluding hydrogens is 318 g/mol. The van der Waals surface area contributed by atoms with Gasteiger partial charge in [0.25, 0.3) is 0 Å². The Morgan fingerprint density at radius 2 is 2.17 bits per heavy atom. The van der Waals surface area contributed by atoms with Crippen molar-refractivity contribution in [3.8, 4) is 0 Å². The van der Waals surface area contributed by atoms with Gasteiger partial charge in [0.2, 0.25) is 0 Å². The maximum Gasteiger partial charge on any atom is 0.158 e. The van der Waals surface area contributed by atoms with Crippen LogP contribution in [0.3, 0.4) is 0 Å². The van der Waals surface area contributed by atoms with Crippen molar-refractivity contribution in [3.63, 3.8) is 0 Å². The fourth-order valence-corrected chi connectivity index (χ4v) is 3.03. The van der Waals surface area contributed by atoms with E-state index in [9.17, 15) is 8.42 Å². The van der Waals surface area contributed by atoms with Crippen LogP contribution >= 0.6 is 15.9 Å². The standard InChI is InChI=1S/C12H14BrNO3S/c1-7-5-11(17-14-7)12-8(2)10(13)4-3-9(12)6-18(15)16/h3-4,11,18H,5-6H2,1-2H3. The lowest BCUT2D eigenvalue weighted by atomic mass is 9.95. The van der Waals surface area contributed by atoms with Gasteiger partial charge in [0, 0.05) is 16.5 Å². The van der Waals surface area contributed by atoms with E-state index in [1.165, 1.54) is 0 Å². The van der Waals surface area contributed by atoms with E-state index in [-0.39, 0.29) is 11.9 Å². The average Bonchev–Trinajstić information content (AvgIpc) is 2.70. The first kappa shape index (κ1) is 13.5. The number of benzene rings is 1. The summed E-state index contributed by atoms with van der Waals surface area (Å²) in [6, 6.07) is 3.70. The van der Waals surface area contributed by atoms with Gasteiger partial charge in [-0.05, 0) is 31.0 Å². The summed E-state index contributed by atoms with van der Waals surface area (Å²) in [6.45, 7) is 3.86. The quantitative estimate of drug-likeness (QED) is 0.866. The first-order valence-electron chi connectivity index (χ1n) is 5.58. The maximum atomic E-state index is 11.0. The molecule has 1 atom stereocenters. The molecule has 0 bridgehead atoms. The summed E-state index contributed by atoms with van der Waals surface area (Å²) in [5.74, 6) is 0.0394. The Morgan fingerprint density at radius 3 is 2.72 bits per heavy atom. The van der Waals surface area contributed by atoms with Gasteiger partial charge in [-0.1, -0.05) is 27.2 Å². The van der Waals surface area contributed by atoms with E-state index < -0.39 is 10.7 Å². The van der Waals surface area contributed by atoms with Crippen LogP contribution in [-0.4, -0.2) is 14.1 Å². The van der Waals surface area contributed by atoms with E-state index in [1.807, 2.05) is 26.0 Å². The van der Waals surface area contributed by atoms with Gasteiger partial charge in [-0.3, -0.25) is 0 Å². The normalized spacial score (nSPS) is 18.9. The van der Waals surface area contributed by atoms with Gasteiger partial charge in [0.05, 0.1) is 11.5 Å². The van der Waals surface area contributed by atoms with Gasteiger partial charge in [-0.25, -0.2) is 8.42 Å². The minimum Gasteiger partial charge on any atom is -0.387 e. The van der Waals surface area contributed by atoms with Gasteiger partial charge in [-0.15, -0.1) is 0 Å². The molecule has 6 heteroatoms. The van der Waals surface area contributed by atoms with Crippen LogP contribution < -0.4 is 0 Å². The monoisotopic (exact) mass is 331 g/mol. The zero-order chi connectivity index (χ0) is 13.3. The Kier molecular flexibility index (Phi) is 4.07. The number of oxime groups is 1. The third kappa shape index (κ3) is 2.75. The number of halogens is 1. The van der Waals surface area contributed by atoms with E-state index in [0.29, 0.717) is 6.42 Å². The second kappa shape index (κ2) is 5.40. The zero-order valence-corrected chi connectivity index (χ0v) is 12.6. The molecule has 0 spiro atoms. The predicted molar refractivity (Wildman–Crippen MR) is 74.4 cm³/mol. The summed E-state index contributed by atoms with van der Waals surface area (Å²) in [4.78, 5) is 5.38. The van der Waals surface area contributed by atoms with Crippen LogP contribution in [0, 0.1) is 6.92 Å². The second-order valence-electron chi connectivity index (χ2n) is 4.36. The molecule has 0 radical (unpaired) electrons. The molecule has 2 rings (SSSR count). The first-order valence-corrected chi connectivity index (χ1v) is 7.73. The van der Waals surface area contributed by atoms with Crippen LogP contribution in [0.15, 0.2) is 21.8 Å². The van der Waals surface area contributed by atoms with Crippen LogP contribution in [-0.2, 0) is 21.3 Å². The third-order valence-electron chi connectivity index (χ3n) is 2.98. The van der Waals surface area contributed by atoms with Crippen molar-refractivity contribution in [2.45, 2.75) is 32.1 Å². The molecule has 0 amide bonds. The van der Waals surface area contributed by atoms with E-state index in [2.05, 4.69) is 21.1 Å². The molecule has 0 fully saturated rings. The SMILES string of the molecule is CC1=NOC(c2c(C[SH](=O)=O)ccc(Br)c2C)C1. The first-order chi connectivity index (χ1) is 8.49. The largest absolute Gasteiger partial charge is 0.387 e. The Bertz CT molecular complexity index is 573. The Hall–Kier alpha value is -0.880. The molecule has 0 saturated heterocycles. The van der Waals surface area contributed by atoms with Crippen LogP contribution in [0.1, 0.15) is 36.1 Å². The van der Waals surface area contributed by atoms with Gasteiger partial charge in [0.15, 0.2) is 6.10 Å². The minimum atomic E-state index is -2.45. The lowest BCUT2D eigenvalue weighted by Gasteiger charge is -2.17. The molecule has 0 aromatic heterocycles. The number of hydrogen-bond donors (Lipinski definition) is 1. The molecule has 98 valence electrons. The highest BCUT2D eigenvalue weighted by Crippen LogP contribution is 2.35. The fourth-order valence-electron chi connectivity index (χ4n) is 2.13. The molecule has 0 saturated carbocycles. The zero-order valence-electron chi connectivity index (χ0n) is 10.1. The molecule has 1 aliphatic rings. The van der Waals surface area contributed by atoms with Crippen LogP contribution in [0.4, 0.5) is 0 Å². The smallest absolute Gasteiger partial charge is 0.158 e. The van der Waals surface area contributed by atoms with Crippen molar-refractivity contribution in [2.24, 2.45) is 5.16 Å². The Labute approximate surface area is 116 Å². The molecule has 1 aromatic carbocycles. The predicted octanol–water partition coefficient (Wildman–Crippen LogP) is 2.71. The molecular formula is C12H14BrNO3S. The maximum absolute atomic E-state index is 11.0. The van der Waals surface area contributed by atoms with Crippen molar-refractivity contribution in [1.29, 1.82) is 0 Å². The van der Waals surface area contributed by atoms with E-state index >= 15 is 0 Å².